The highest BCUT2D eigenvalue weighted by Gasteiger charge is 2.18. The molecule has 2 rings (SSSR count). The fourth-order valence-electron chi connectivity index (χ4n) is 2.71. The van der Waals surface area contributed by atoms with Gasteiger partial charge in [-0.1, -0.05) is 19.1 Å². The van der Waals surface area contributed by atoms with E-state index in [-0.39, 0.29) is 30.0 Å². The van der Waals surface area contributed by atoms with Crippen LogP contribution in [0.1, 0.15) is 33.0 Å². The molecule has 0 saturated carbocycles. The van der Waals surface area contributed by atoms with Gasteiger partial charge in [0.2, 0.25) is 11.8 Å². The monoisotopic (exact) mass is 373 g/mol. The zero-order valence-corrected chi connectivity index (χ0v) is 16.0. The first-order valence-corrected chi connectivity index (χ1v) is 9.13. The van der Waals surface area contributed by atoms with Gasteiger partial charge >= 0.3 is 0 Å². The summed E-state index contributed by atoms with van der Waals surface area (Å²) in [5.41, 5.74) is 0.458. The molecule has 1 atom stereocenters. The van der Waals surface area contributed by atoms with E-state index >= 15 is 0 Å². The van der Waals surface area contributed by atoms with Gasteiger partial charge in [-0.3, -0.25) is 19.3 Å². The van der Waals surface area contributed by atoms with Crippen molar-refractivity contribution in [1.29, 1.82) is 0 Å². The van der Waals surface area contributed by atoms with Crippen molar-refractivity contribution in [3.05, 3.63) is 40.4 Å². The van der Waals surface area contributed by atoms with Crippen molar-refractivity contribution >= 4 is 22.7 Å². The summed E-state index contributed by atoms with van der Waals surface area (Å²) in [6.07, 6.45) is 0.858. The maximum Gasteiger partial charge on any atom is 0.258 e. The number of fused-ring (bicyclic) bond motifs is 1. The SMILES string of the molecule is CCC(C)N(CC(=O)NCCNC(C)=O)Cc1nc2ccccc2c(=O)[nH]1. The van der Waals surface area contributed by atoms with E-state index in [9.17, 15) is 14.4 Å². The van der Waals surface area contributed by atoms with Gasteiger partial charge in [-0.25, -0.2) is 4.98 Å². The van der Waals surface area contributed by atoms with Crippen LogP contribution < -0.4 is 16.2 Å². The van der Waals surface area contributed by atoms with E-state index in [2.05, 4.69) is 20.6 Å². The van der Waals surface area contributed by atoms with Gasteiger partial charge in [-0.15, -0.1) is 0 Å². The smallest absolute Gasteiger partial charge is 0.258 e. The molecule has 8 nitrogen and oxygen atoms in total. The second kappa shape index (κ2) is 9.82. The quantitative estimate of drug-likeness (QED) is 0.563. The molecule has 0 aliphatic rings. The Hall–Kier alpha value is -2.74. The minimum absolute atomic E-state index is 0.128. The molecule has 0 saturated heterocycles. The fraction of sp³-hybridized carbons (Fsp3) is 0.474. The highest BCUT2D eigenvalue weighted by molar-refractivity contribution is 5.78. The maximum atomic E-state index is 12.2. The largest absolute Gasteiger partial charge is 0.355 e. The van der Waals surface area contributed by atoms with E-state index in [4.69, 9.17) is 0 Å². The lowest BCUT2D eigenvalue weighted by Crippen LogP contribution is -2.43. The van der Waals surface area contributed by atoms with Crippen LogP contribution in [0.5, 0.6) is 0 Å². The molecule has 1 aromatic heterocycles. The normalized spacial score (nSPS) is 12.1. The van der Waals surface area contributed by atoms with Crippen LogP contribution in [-0.2, 0) is 16.1 Å². The third-order valence-corrected chi connectivity index (χ3v) is 4.40. The Bertz CT molecular complexity index is 849. The number of amides is 2. The average Bonchev–Trinajstić information content (AvgIpc) is 2.64. The molecule has 0 bridgehead atoms. The molecule has 0 aliphatic heterocycles. The van der Waals surface area contributed by atoms with Crippen LogP contribution in [0.4, 0.5) is 0 Å². The number of hydrogen-bond acceptors (Lipinski definition) is 5. The van der Waals surface area contributed by atoms with Crippen molar-refractivity contribution in [3.63, 3.8) is 0 Å². The van der Waals surface area contributed by atoms with Gasteiger partial charge < -0.3 is 15.6 Å². The summed E-state index contributed by atoms with van der Waals surface area (Å²) >= 11 is 0. The molecule has 3 N–H and O–H groups in total. The molecule has 8 heteroatoms. The predicted molar refractivity (Wildman–Crippen MR) is 104 cm³/mol. The van der Waals surface area contributed by atoms with Gasteiger partial charge in [-0.2, -0.15) is 0 Å². The van der Waals surface area contributed by atoms with Gasteiger partial charge in [-0.05, 0) is 25.5 Å². The van der Waals surface area contributed by atoms with Crippen molar-refractivity contribution in [1.82, 2.24) is 25.5 Å². The number of carbonyl (C=O) groups excluding carboxylic acids is 2. The molecule has 2 aromatic rings. The van der Waals surface area contributed by atoms with Gasteiger partial charge in [0.05, 0.1) is 24.0 Å². The Kier molecular flexibility index (Phi) is 7.48. The first kappa shape index (κ1) is 20.6. The average molecular weight is 373 g/mol. The van der Waals surface area contributed by atoms with Gasteiger partial charge in [0.15, 0.2) is 0 Å². The highest BCUT2D eigenvalue weighted by Crippen LogP contribution is 2.10. The summed E-state index contributed by atoms with van der Waals surface area (Å²) in [5, 5.41) is 5.97. The van der Waals surface area contributed by atoms with E-state index in [0.717, 1.165) is 6.42 Å². The van der Waals surface area contributed by atoms with Gasteiger partial charge in [0, 0.05) is 26.1 Å². The van der Waals surface area contributed by atoms with Crippen LogP contribution in [0.3, 0.4) is 0 Å². The van der Waals surface area contributed by atoms with Crippen LogP contribution in [0.2, 0.25) is 0 Å². The van der Waals surface area contributed by atoms with E-state index in [1.807, 2.05) is 24.8 Å². The number of nitrogens with zero attached hydrogens (tertiary/aromatic N) is 2. The molecule has 0 radical (unpaired) electrons. The topological polar surface area (TPSA) is 107 Å². The first-order valence-electron chi connectivity index (χ1n) is 9.13. The molecule has 0 fully saturated rings. The molecule has 2 amide bonds. The molecule has 146 valence electrons. The summed E-state index contributed by atoms with van der Waals surface area (Å²) in [6.45, 7) is 6.83. The summed E-state index contributed by atoms with van der Waals surface area (Å²) in [4.78, 5) is 44.6. The van der Waals surface area contributed by atoms with Crippen LogP contribution in [0, 0.1) is 0 Å². The number of benzene rings is 1. The standard InChI is InChI=1S/C19H27N5O3/c1-4-13(2)24(12-18(26)21-10-9-20-14(3)25)11-17-22-16-8-6-5-7-15(16)19(27)23-17/h5-8,13H,4,9-12H2,1-3H3,(H,20,25)(H,21,26)(H,22,23,27). The van der Waals surface area contributed by atoms with E-state index in [0.29, 0.717) is 36.4 Å². The van der Waals surface area contributed by atoms with Crippen LogP contribution in [0.15, 0.2) is 29.1 Å². The molecule has 1 unspecified atom stereocenters. The van der Waals surface area contributed by atoms with Crippen LogP contribution in [-0.4, -0.2) is 52.4 Å². The molecule has 1 aromatic carbocycles. The number of para-hydroxylation sites is 1. The Morgan fingerprint density at radius 2 is 1.93 bits per heavy atom. The van der Waals surface area contributed by atoms with Crippen molar-refractivity contribution in [2.45, 2.75) is 39.8 Å². The molecular weight excluding hydrogens is 346 g/mol. The molecule has 0 aliphatic carbocycles. The van der Waals surface area contributed by atoms with Crippen LogP contribution in [0.25, 0.3) is 10.9 Å². The number of rotatable bonds is 9. The van der Waals surface area contributed by atoms with Crippen molar-refractivity contribution < 1.29 is 9.59 Å². The van der Waals surface area contributed by atoms with E-state index in [1.54, 1.807) is 18.2 Å². The van der Waals surface area contributed by atoms with Crippen molar-refractivity contribution in [3.8, 4) is 0 Å². The van der Waals surface area contributed by atoms with Crippen molar-refractivity contribution in [2.75, 3.05) is 19.6 Å². The number of hydrogen-bond donors (Lipinski definition) is 3. The molecular formula is C19H27N5O3. The van der Waals surface area contributed by atoms with Crippen LogP contribution >= 0.6 is 0 Å². The summed E-state index contributed by atoms with van der Waals surface area (Å²) in [7, 11) is 0. The lowest BCUT2D eigenvalue weighted by Gasteiger charge is -2.27. The summed E-state index contributed by atoms with van der Waals surface area (Å²) < 4.78 is 0. The van der Waals surface area contributed by atoms with Crippen molar-refractivity contribution in [2.24, 2.45) is 0 Å². The summed E-state index contributed by atoms with van der Waals surface area (Å²) in [6, 6.07) is 7.32. The van der Waals surface area contributed by atoms with E-state index < -0.39 is 0 Å². The fourth-order valence-corrected chi connectivity index (χ4v) is 2.71. The lowest BCUT2D eigenvalue weighted by atomic mass is 10.2. The maximum absolute atomic E-state index is 12.2. The predicted octanol–water partition coefficient (Wildman–Crippen LogP) is 0.776. The second-order valence-corrected chi connectivity index (χ2v) is 6.52. The first-order chi connectivity index (χ1) is 12.9. The summed E-state index contributed by atoms with van der Waals surface area (Å²) in [5.74, 6) is 0.269. The highest BCUT2D eigenvalue weighted by atomic mass is 16.2. The number of H-pyrrole nitrogens is 1. The Morgan fingerprint density at radius 3 is 2.63 bits per heavy atom. The lowest BCUT2D eigenvalue weighted by molar-refractivity contribution is -0.123. The molecule has 1 heterocycles. The molecule has 0 spiro atoms. The number of carbonyl (C=O) groups is 2. The molecule has 27 heavy (non-hydrogen) atoms. The van der Waals surface area contributed by atoms with Gasteiger partial charge in [0.25, 0.3) is 5.56 Å². The minimum Gasteiger partial charge on any atom is -0.355 e. The third kappa shape index (κ3) is 6.18. The zero-order valence-electron chi connectivity index (χ0n) is 16.0. The third-order valence-electron chi connectivity index (χ3n) is 4.40. The zero-order chi connectivity index (χ0) is 19.8. The Morgan fingerprint density at radius 1 is 1.22 bits per heavy atom. The minimum atomic E-state index is -0.181. The number of aromatic nitrogens is 2. The Labute approximate surface area is 158 Å². The van der Waals surface area contributed by atoms with Gasteiger partial charge in [0.1, 0.15) is 5.82 Å². The Balaban J connectivity index is 2.05. The second-order valence-electron chi connectivity index (χ2n) is 6.52. The van der Waals surface area contributed by atoms with E-state index in [1.165, 1.54) is 6.92 Å². The number of aromatic amines is 1. The number of nitrogens with one attached hydrogen (secondary N) is 3.